The number of nitrogens with zero attached hydrogens (tertiary/aromatic N) is 1. The van der Waals surface area contributed by atoms with Crippen molar-refractivity contribution >= 4 is 34.9 Å². The first-order valence-electron chi connectivity index (χ1n) is 5.53. The monoisotopic (exact) mass is 286 g/mol. The number of hydrogen-bond donors (Lipinski definition) is 1. The van der Waals surface area contributed by atoms with E-state index < -0.39 is 0 Å². The van der Waals surface area contributed by atoms with Gasteiger partial charge in [-0.1, -0.05) is 23.2 Å². The third-order valence-corrected chi connectivity index (χ3v) is 3.26. The highest BCUT2D eigenvalue weighted by molar-refractivity contribution is 6.36. The highest BCUT2D eigenvalue weighted by Gasteiger charge is 2.20. The van der Waals surface area contributed by atoms with Gasteiger partial charge in [0.25, 0.3) is 0 Å². The van der Waals surface area contributed by atoms with Gasteiger partial charge in [0.2, 0.25) is 5.91 Å². The van der Waals surface area contributed by atoms with E-state index in [1.165, 1.54) is 0 Å². The maximum Gasteiger partial charge on any atom is 0.234 e. The van der Waals surface area contributed by atoms with E-state index in [9.17, 15) is 9.59 Å². The van der Waals surface area contributed by atoms with Gasteiger partial charge in [0.15, 0.2) is 5.78 Å². The van der Waals surface area contributed by atoms with E-state index >= 15 is 0 Å². The molecule has 1 fully saturated rings. The van der Waals surface area contributed by atoms with E-state index in [0.717, 1.165) is 0 Å². The van der Waals surface area contributed by atoms with Gasteiger partial charge in [-0.2, -0.15) is 0 Å². The van der Waals surface area contributed by atoms with Crippen LogP contribution in [0.2, 0.25) is 10.0 Å². The van der Waals surface area contributed by atoms with Crippen molar-refractivity contribution < 1.29 is 9.59 Å². The summed E-state index contributed by atoms with van der Waals surface area (Å²) < 4.78 is 0. The highest BCUT2D eigenvalue weighted by Crippen LogP contribution is 2.21. The van der Waals surface area contributed by atoms with Gasteiger partial charge in [0.1, 0.15) is 0 Å². The molecule has 2 rings (SSSR count). The summed E-state index contributed by atoms with van der Waals surface area (Å²) in [7, 11) is 0. The Bertz CT molecular complexity index is 491. The summed E-state index contributed by atoms with van der Waals surface area (Å²) in [5.74, 6) is -0.164. The van der Waals surface area contributed by atoms with Crippen molar-refractivity contribution in [3.05, 3.63) is 33.8 Å². The van der Waals surface area contributed by atoms with Crippen LogP contribution < -0.4 is 5.32 Å². The van der Waals surface area contributed by atoms with Crippen LogP contribution in [0.5, 0.6) is 0 Å². The predicted octanol–water partition coefficient (Wildman–Crippen LogP) is 1.61. The Morgan fingerprint density at radius 3 is 2.83 bits per heavy atom. The number of halogens is 2. The van der Waals surface area contributed by atoms with Gasteiger partial charge in [-0.25, -0.2) is 0 Å². The molecular formula is C12H12Cl2N2O2. The van der Waals surface area contributed by atoms with Crippen molar-refractivity contribution in [2.45, 2.75) is 0 Å². The Morgan fingerprint density at radius 2 is 2.17 bits per heavy atom. The summed E-state index contributed by atoms with van der Waals surface area (Å²) in [6, 6.07) is 4.78. The molecular weight excluding hydrogens is 275 g/mol. The quantitative estimate of drug-likeness (QED) is 0.859. The van der Waals surface area contributed by atoms with Crippen molar-refractivity contribution in [2.24, 2.45) is 0 Å². The van der Waals surface area contributed by atoms with Crippen LogP contribution in [0, 0.1) is 0 Å². The molecule has 1 heterocycles. The molecule has 0 saturated carbocycles. The molecule has 96 valence electrons. The first kappa shape index (κ1) is 13.3. The zero-order valence-electron chi connectivity index (χ0n) is 9.58. The fraction of sp³-hybridized carbons (Fsp3) is 0.333. The van der Waals surface area contributed by atoms with E-state index in [4.69, 9.17) is 23.2 Å². The normalized spacial score (nSPS) is 16.4. The van der Waals surface area contributed by atoms with Crippen molar-refractivity contribution in [3.63, 3.8) is 0 Å². The van der Waals surface area contributed by atoms with E-state index in [-0.39, 0.29) is 24.8 Å². The first-order valence-corrected chi connectivity index (χ1v) is 6.29. The van der Waals surface area contributed by atoms with Crippen molar-refractivity contribution in [1.82, 2.24) is 10.2 Å². The van der Waals surface area contributed by atoms with Crippen LogP contribution >= 0.6 is 23.2 Å². The maximum absolute atomic E-state index is 12.1. The van der Waals surface area contributed by atoms with Crippen LogP contribution in [-0.2, 0) is 4.79 Å². The number of Topliss-reactive ketones (excluding diaryl/α,β-unsaturated/α-hetero) is 1. The molecule has 0 unspecified atom stereocenters. The molecule has 0 spiro atoms. The zero-order chi connectivity index (χ0) is 13.1. The summed E-state index contributed by atoms with van der Waals surface area (Å²) in [6.07, 6.45) is 0. The van der Waals surface area contributed by atoms with E-state index in [1.54, 1.807) is 23.1 Å². The Kier molecular flexibility index (Phi) is 4.22. The topological polar surface area (TPSA) is 49.4 Å². The number of piperazine rings is 1. The number of carbonyl (C=O) groups excluding carboxylic acids is 2. The number of hydrogen-bond acceptors (Lipinski definition) is 3. The van der Waals surface area contributed by atoms with Gasteiger partial charge in [-0.3, -0.25) is 14.5 Å². The molecule has 1 aliphatic rings. The van der Waals surface area contributed by atoms with Gasteiger partial charge >= 0.3 is 0 Å². The van der Waals surface area contributed by atoms with Crippen LogP contribution in [0.3, 0.4) is 0 Å². The lowest BCUT2D eigenvalue weighted by atomic mass is 10.1. The second kappa shape index (κ2) is 5.69. The SMILES string of the molecule is O=C1CN(CC(=O)c2ccc(Cl)cc2Cl)CCN1. The molecule has 0 aromatic heterocycles. The highest BCUT2D eigenvalue weighted by atomic mass is 35.5. The van der Waals surface area contributed by atoms with Gasteiger partial charge in [-0.15, -0.1) is 0 Å². The minimum Gasteiger partial charge on any atom is -0.354 e. The average Bonchev–Trinajstić information content (AvgIpc) is 2.28. The van der Waals surface area contributed by atoms with Gasteiger partial charge < -0.3 is 5.32 Å². The molecule has 0 bridgehead atoms. The Balaban J connectivity index is 2.05. The van der Waals surface area contributed by atoms with Crippen molar-refractivity contribution in [2.75, 3.05) is 26.2 Å². The van der Waals surface area contributed by atoms with E-state index in [1.807, 2.05) is 0 Å². The van der Waals surface area contributed by atoms with Crippen molar-refractivity contribution in [1.29, 1.82) is 0 Å². The number of carbonyl (C=O) groups is 2. The van der Waals surface area contributed by atoms with E-state index in [2.05, 4.69) is 5.32 Å². The Labute approximate surface area is 115 Å². The number of amides is 1. The molecule has 1 aliphatic heterocycles. The molecule has 1 aromatic rings. The molecule has 18 heavy (non-hydrogen) atoms. The molecule has 0 atom stereocenters. The number of rotatable bonds is 3. The fourth-order valence-electron chi connectivity index (χ4n) is 1.83. The van der Waals surface area contributed by atoms with Crippen molar-refractivity contribution in [3.8, 4) is 0 Å². The molecule has 4 nitrogen and oxygen atoms in total. The first-order chi connectivity index (χ1) is 8.56. The molecule has 1 amide bonds. The smallest absolute Gasteiger partial charge is 0.234 e. The van der Waals surface area contributed by atoms with Crippen LogP contribution in [0.1, 0.15) is 10.4 Å². The zero-order valence-corrected chi connectivity index (χ0v) is 11.1. The molecule has 6 heteroatoms. The predicted molar refractivity (Wildman–Crippen MR) is 70.2 cm³/mol. The maximum atomic E-state index is 12.1. The lowest BCUT2D eigenvalue weighted by Gasteiger charge is -2.25. The van der Waals surface area contributed by atoms with Crippen LogP contribution in [0.4, 0.5) is 0 Å². The second-order valence-electron chi connectivity index (χ2n) is 4.11. The standard InChI is InChI=1S/C12H12Cl2N2O2/c13-8-1-2-9(10(14)5-8)11(17)6-16-4-3-15-12(18)7-16/h1-2,5H,3-4,6-7H2,(H,15,18). The Hall–Kier alpha value is -1.10. The fourth-order valence-corrected chi connectivity index (χ4v) is 2.34. The summed E-state index contributed by atoms with van der Waals surface area (Å²) in [4.78, 5) is 25.0. The molecule has 1 aromatic carbocycles. The number of nitrogens with one attached hydrogen (secondary N) is 1. The van der Waals surface area contributed by atoms with E-state index in [0.29, 0.717) is 28.7 Å². The van der Waals surface area contributed by atoms with Gasteiger partial charge in [0.05, 0.1) is 18.1 Å². The molecule has 0 radical (unpaired) electrons. The third kappa shape index (κ3) is 3.22. The summed E-state index contributed by atoms with van der Waals surface area (Å²) in [5.41, 5.74) is 0.437. The molecule has 1 saturated heterocycles. The number of benzene rings is 1. The van der Waals surface area contributed by atoms with Crippen LogP contribution in [0.25, 0.3) is 0 Å². The van der Waals surface area contributed by atoms with Crippen LogP contribution in [0.15, 0.2) is 18.2 Å². The lowest BCUT2D eigenvalue weighted by molar-refractivity contribution is -0.123. The van der Waals surface area contributed by atoms with Crippen LogP contribution in [-0.4, -0.2) is 42.8 Å². The van der Waals surface area contributed by atoms with Gasteiger partial charge in [-0.05, 0) is 18.2 Å². The molecule has 1 N–H and O–H groups in total. The average molecular weight is 287 g/mol. The minimum absolute atomic E-state index is 0.0590. The number of ketones is 1. The summed E-state index contributed by atoms with van der Waals surface area (Å²) in [6.45, 7) is 1.68. The third-order valence-electron chi connectivity index (χ3n) is 2.72. The lowest BCUT2D eigenvalue weighted by Crippen LogP contribution is -2.49. The summed E-state index contributed by atoms with van der Waals surface area (Å²) in [5, 5.41) is 3.54. The Morgan fingerprint density at radius 1 is 1.39 bits per heavy atom. The van der Waals surface area contributed by atoms with Gasteiger partial charge in [0, 0.05) is 23.7 Å². The molecule has 0 aliphatic carbocycles. The largest absolute Gasteiger partial charge is 0.354 e. The minimum atomic E-state index is -0.105. The summed E-state index contributed by atoms with van der Waals surface area (Å²) >= 11 is 11.7. The second-order valence-corrected chi connectivity index (χ2v) is 4.95.